The van der Waals surface area contributed by atoms with Crippen LogP contribution in [-0.4, -0.2) is 47.5 Å². The molecule has 5 nitrogen and oxygen atoms in total. The number of alkyl halides is 4. The number of rotatable bonds is 2. The minimum absolute atomic E-state index is 0.345. The van der Waals surface area contributed by atoms with E-state index in [9.17, 15) is 10.2 Å². The highest BCUT2D eigenvalue weighted by Gasteiger charge is 2.62. The van der Waals surface area contributed by atoms with Gasteiger partial charge in [0.1, 0.15) is 12.2 Å². The first-order chi connectivity index (χ1) is 6.48. The number of hydrogen-bond donors (Lipinski definition) is 4. The zero-order valence-electron chi connectivity index (χ0n) is 7.07. The molecule has 0 aromatic carbocycles. The first-order valence-electron chi connectivity index (χ1n) is 3.77. The molecule has 1 heterocycles. The maximum atomic E-state index is 9.62. The summed E-state index contributed by atoms with van der Waals surface area (Å²) in [4.78, 5) is 0. The molecule has 3 atom stereocenters. The van der Waals surface area contributed by atoms with Crippen molar-refractivity contribution in [2.45, 2.75) is 33.5 Å². The Morgan fingerprint density at radius 3 is 1.87 bits per heavy atom. The van der Waals surface area contributed by atoms with Crippen molar-refractivity contribution in [3.8, 4) is 0 Å². The van der Waals surface area contributed by atoms with Crippen molar-refractivity contribution >= 4 is 46.4 Å². The molecule has 0 aromatic heterocycles. The number of hydrogen-bond acceptors (Lipinski definition) is 5. The molecule has 0 amide bonds. The average molecular weight is 302 g/mol. The number of aliphatic hydroxyl groups is 4. The van der Waals surface area contributed by atoms with E-state index in [0.29, 0.717) is 0 Å². The van der Waals surface area contributed by atoms with Crippen LogP contribution < -0.4 is 0 Å². The fourth-order valence-electron chi connectivity index (χ4n) is 1.19. The molecule has 1 fully saturated rings. The lowest BCUT2D eigenvalue weighted by Crippen LogP contribution is -2.54. The summed E-state index contributed by atoms with van der Waals surface area (Å²) in [5.74, 6) is -2.67. The molecule has 1 aliphatic heterocycles. The summed E-state index contributed by atoms with van der Waals surface area (Å²) in [6, 6.07) is 0. The van der Waals surface area contributed by atoms with Gasteiger partial charge in [0.05, 0.1) is 0 Å². The second-order valence-corrected chi connectivity index (χ2v) is 5.82. The molecular weight excluding hydrogens is 294 g/mol. The number of halogens is 4. The monoisotopic (exact) mass is 300 g/mol. The highest BCUT2D eigenvalue weighted by molar-refractivity contribution is 6.48. The average Bonchev–Trinajstić information content (AvgIpc) is 2.27. The van der Waals surface area contributed by atoms with Crippen LogP contribution in [0.1, 0.15) is 6.42 Å². The Morgan fingerprint density at radius 1 is 1.20 bits per heavy atom. The van der Waals surface area contributed by atoms with Crippen LogP contribution in [-0.2, 0) is 4.74 Å². The SMILES string of the molecule is O[C@H]1C[C@@H](C(O)(Cl)Cl)OC1(O)C(O)(Cl)Cl. The molecule has 0 spiro atoms. The third kappa shape index (κ3) is 2.62. The summed E-state index contributed by atoms with van der Waals surface area (Å²) in [7, 11) is 0. The molecule has 1 unspecified atom stereocenters. The van der Waals surface area contributed by atoms with Crippen LogP contribution in [0.25, 0.3) is 0 Å². The molecule has 0 aromatic rings. The molecule has 1 rings (SSSR count). The van der Waals surface area contributed by atoms with Crippen LogP contribution in [0, 0.1) is 0 Å². The van der Waals surface area contributed by atoms with Crippen molar-refractivity contribution in [3.05, 3.63) is 0 Å². The van der Waals surface area contributed by atoms with E-state index < -0.39 is 27.0 Å². The van der Waals surface area contributed by atoms with Gasteiger partial charge in [0, 0.05) is 6.42 Å². The highest BCUT2D eigenvalue weighted by atomic mass is 35.5. The topological polar surface area (TPSA) is 90.2 Å². The Morgan fingerprint density at radius 2 is 1.67 bits per heavy atom. The van der Waals surface area contributed by atoms with Gasteiger partial charge in [0.2, 0.25) is 4.52 Å². The van der Waals surface area contributed by atoms with Gasteiger partial charge in [-0.1, -0.05) is 46.4 Å². The third-order valence-corrected chi connectivity index (χ3v) is 3.06. The largest absolute Gasteiger partial charge is 0.387 e. The predicted octanol–water partition coefficient (Wildman–Crippen LogP) is 0.0722. The Kier molecular flexibility index (Phi) is 3.75. The van der Waals surface area contributed by atoms with Gasteiger partial charge in [-0.3, -0.25) is 0 Å². The van der Waals surface area contributed by atoms with Gasteiger partial charge in [0.25, 0.3) is 10.3 Å². The summed E-state index contributed by atoms with van der Waals surface area (Å²) in [5.41, 5.74) is 0. The first-order valence-corrected chi connectivity index (χ1v) is 5.28. The van der Waals surface area contributed by atoms with Crippen molar-refractivity contribution in [1.82, 2.24) is 0 Å². The highest BCUT2D eigenvalue weighted by Crippen LogP contribution is 2.45. The van der Waals surface area contributed by atoms with Crippen molar-refractivity contribution in [2.24, 2.45) is 0 Å². The third-order valence-electron chi connectivity index (χ3n) is 2.03. The summed E-state index contributed by atoms with van der Waals surface area (Å²) >= 11 is 21.0. The van der Waals surface area contributed by atoms with Gasteiger partial charge in [-0.05, 0) is 0 Å². The van der Waals surface area contributed by atoms with E-state index in [0.717, 1.165) is 0 Å². The Labute approximate surface area is 105 Å². The van der Waals surface area contributed by atoms with Crippen LogP contribution in [0.4, 0.5) is 0 Å². The molecule has 4 N–H and O–H groups in total. The second kappa shape index (κ2) is 4.01. The maximum Gasteiger partial charge on any atom is 0.273 e. The predicted molar refractivity (Wildman–Crippen MR) is 53.8 cm³/mol. The summed E-state index contributed by atoms with van der Waals surface area (Å²) in [5, 5.41) is 37.3. The van der Waals surface area contributed by atoms with E-state index in [4.69, 9.17) is 56.6 Å². The summed E-state index contributed by atoms with van der Waals surface area (Å²) < 4.78 is -0.439. The number of aliphatic hydroxyl groups excluding tert-OH is 1. The molecule has 15 heavy (non-hydrogen) atoms. The van der Waals surface area contributed by atoms with E-state index in [1.807, 2.05) is 0 Å². The minimum Gasteiger partial charge on any atom is -0.387 e. The van der Waals surface area contributed by atoms with Crippen LogP contribution in [0.15, 0.2) is 0 Å². The molecule has 0 aliphatic carbocycles. The van der Waals surface area contributed by atoms with Crippen LogP contribution in [0.3, 0.4) is 0 Å². The molecular formula is C6H8Cl4O5. The standard InChI is InChI=1S/C6H8Cl4O5/c7-5(8,13)3-1-2(11)4(12,15-3)6(9,10)14/h2-3,11-14H,1H2/t2-,3-,4?/m0/s1. The molecule has 0 bridgehead atoms. The van der Waals surface area contributed by atoms with Gasteiger partial charge in [-0.15, -0.1) is 0 Å². The van der Waals surface area contributed by atoms with Gasteiger partial charge in [0.15, 0.2) is 0 Å². The summed E-state index contributed by atoms with van der Waals surface area (Å²) in [6.45, 7) is 0. The van der Waals surface area contributed by atoms with E-state index in [-0.39, 0.29) is 6.42 Å². The fourth-order valence-corrected chi connectivity index (χ4v) is 1.80. The van der Waals surface area contributed by atoms with Crippen molar-refractivity contribution in [3.63, 3.8) is 0 Å². The van der Waals surface area contributed by atoms with Crippen molar-refractivity contribution in [1.29, 1.82) is 0 Å². The van der Waals surface area contributed by atoms with Crippen molar-refractivity contribution in [2.75, 3.05) is 0 Å². The maximum absolute atomic E-state index is 9.62. The first kappa shape index (κ1) is 14.0. The zero-order chi connectivity index (χ0) is 12.1. The van der Waals surface area contributed by atoms with Gasteiger partial charge < -0.3 is 25.2 Å². The lowest BCUT2D eigenvalue weighted by molar-refractivity contribution is -0.274. The quantitative estimate of drug-likeness (QED) is 0.542. The van der Waals surface area contributed by atoms with Crippen LogP contribution >= 0.6 is 46.4 Å². The van der Waals surface area contributed by atoms with Crippen molar-refractivity contribution < 1.29 is 25.2 Å². The number of ether oxygens (including phenoxy) is 1. The van der Waals surface area contributed by atoms with Crippen LogP contribution in [0.2, 0.25) is 0 Å². The Hall–Kier alpha value is 0.960. The second-order valence-electron chi connectivity index (χ2n) is 3.18. The van der Waals surface area contributed by atoms with E-state index in [1.165, 1.54) is 0 Å². The molecule has 90 valence electrons. The van der Waals surface area contributed by atoms with E-state index in [2.05, 4.69) is 4.74 Å². The lowest BCUT2D eigenvalue weighted by atomic mass is 10.1. The summed E-state index contributed by atoms with van der Waals surface area (Å²) in [6.07, 6.45) is -3.33. The Bertz CT molecular complexity index is 249. The van der Waals surface area contributed by atoms with E-state index in [1.54, 1.807) is 0 Å². The molecule has 0 radical (unpaired) electrons. The molecule has 1 saturated heterocycles. The smallest absolute Gasteiger partial charge is 0.273 e. The lowest BCUT2D eigenvalue weighted by Gasteiger charge is -2.33. The van der Waals surface area contributed by atoms with Crippen LogP contribution in [0.5, 0.6) is 0 Å². The zero-order valence-corrected chi connectivity index (χ0v) is 10.1. The fraction of sp³-hybridized carbons (Fsp3) is 1.00. The molecule has 9 heteroatoms. The minimum atomic E-state index is -2.76. The Balaban J connectivity index is 2.90. The van der Waals surface area contributed by atoms with Gasteiger partial charge in [-0.25, -0.2) is 0 Å². The van der Waals surface area contributed by atoms with Gasteiger partial charge >= 0.3 is 0 Å². The van der Waals surface area contributed by atoms with E-state index >= 15 is 0 Å². The molecule has 1 aliphatic rings. The normalized spacial score (nSPS) is 38.4. The van der Waals surface area contributed by atoms with Gasteiger partial charge in [-0.2, -0.15) is 0 Å². The molecule has 0 saturated carbocycles.